The number of hydrogen-bond acceptors (Lipinski definition) is 3. The van der Waals surface area contributed by atoms with Gasteiger partial charge in [-0.3, -0.25) is 9.63 Å². The first kappa shape index (κ1) is 15.8. The lowest BCUT2D eigenvalue weighted by Crippen LogP contribution is -2.34. The van der Waals surface area contributed by atoms with Crippen LogP contribution in [0.1, 0.15) is 28.8 Å². The van der Waals surface area contributed by atoms with Gasteiger partial charge < -0.3 is 4.90 Å². The normalized spacial score (nSPS) is 19.7. The van der Waals surface area contributed by atoms with Crippen molar-refractivity contribution in [2.45, 2.75) is 25.1 Å². The number of hydrogen-bond donors (Lipinski definition) is 1. The van der Waals surface area contributed by atoms with Gasteiger partial charge in [-0.2, -0.15) is 13.2 Å². The fourth-order valence-corrected chi connectivity index (χ4v) is 2.29. The Kier molecular flexibility index (Phi) is 4.84. The Morgan fingerprint density at radius 3 is 2.86 bits per heavy atom. The molecule has 0 saturated carbocycles. The van der Waals surface area contributed by atoms with Crippen molar-refractivity contribution in [3.05, 3.63) is 35.4 Å². The summed E-state index contributed by atoms with van der Waals surface area (Å²) in [7, 11) is 1.97. The lowest BCUT2D eigenvalue weighted by Gasteiger charge is -2.18. The molecule has 1 amide bonds. The number of benzene rings is 1. The van der Waals surface area contributed by atoms with Gasteiger partial charge in [0.05, 0.1) is 12.2 Å². The van der Waals surface area contributed by atoms with Crippen LogP contribution in [0.3, 0.4) is 0 Å². The van der Waals surface area contributed by atoms with Crippen molar-refractivity contribution in [1.82, 2.24) is 10.4 Å². The summed E-state index contributed by atoms with van der Waals surface area (Å²) < 4.78 is 37.7. The molecule has 0 aromatic heterocycles. The van der Waals surface area contributed by atoms with Gasteiger partial charge in [0.25, 0.3) is 5.91 Å². The molecule has 1 aliphatic heterocycles. The summed E-state index contributed by atoms with van der Waals surface area (Å²) in [6.07, 6.45) is -2.41. The van der Waals surface area contributed by atoms with E-state index in [-0.39, 0.29) is 11.6 Å². The van der Waals surface area contributed by atoms with Gasteiger partial charge in [-0.25, -0.2) is 5.48 Å². The molecule has 0 aliphatic carbocycles. The van der Waals surface area contributed by atoms with Crippen LogP contribution < -0.4 is 5.48 Å². The van der Waals surface area contributed by atoms with Crippen molar-refractivity contribution < 1.29 is 22.8 Å². The van der Waals surface area contributed by atoms with Crippen molar-refractivity contribution in [1.29, 1.82) is 0 Å². The molecule has 1 fully saturated rings. The molecular weight excluding hydrogens is 285 g/mol. The second-order valence-corrected chi connectivity index (χ2v) is 5.10. The summed E-state index contributed by atoms with van der Waals surface area (Å²) >= 11 is 0. The molecule has 1 aromatic carbocycles. The summed E-state index contributed by atoms with van der Waals surface area (Å²) in [5.74, 6) is -0.679. The van der Waals surface area contributed by atoms with E-state index >= 15 is 0 Å². The topological polar surface area (TPSA) is 41.6 Å². The molecule has 0 spiro atoms. The Hall–Kier alpha value is -1.60. The molecule has 2 rings (SSSR count). The van der Waals surface area contributed by atoms with Crippen molar-refractivity contribution in [3.63, 3.8) is 0 Å². The number of halogens is 3. The van der Waals surface area contributed by atoms with Crippen LogP contribution in [0, 0.1) is 0 Å². The van der Waals surface area contributed by atoms with Crippen LogP contribution >= 0.6 is 0 Å². The Balaban J connectivity index is 1.88. The van der Waals surface area contributed by atoms with Gasteiger partial charge >= 0.3 is 6.18 Å². The Morgan fingerprint density at radius 2 is 2.24 bits per heavy atom. The maximum Gasteiger partial charge on any atom is 0.416 e. The van der Waals surface area contributed by atoms with Crippen LogP contribution in [0.15, 0.2) is 24.3 Å². The Morgan fingerprint density at radius 1 is 1.48 bits per heavy atom. The fraction of sp³-hybridized carbons (Fsp3) is 0.500. The van der Waals surface area contributed by atoms with Crippen LogP contribution in [0.4, 0.5) is 13.2 Å². The minimum Gasteiger partial charge on any atom is -0.301 e. The van der Waals surface area contributed by atoms with E-state index in [9.17, 15) is 18.0 Å². The molecule has 1 aliphatic rings. The average molecular weight is 302 g/mol. The smallest absolute Gasteiger partial charge is 0.301 e. The third-order valence-electron chi connectivity index (χ3n) is 3.56. The van der Waals surface area contributed by atoms with Gasteiger partial charge in [-0.1, -0.05) is 6.07 Å². The standard InChI is InChI=1S/C14H17F3N2O2/c1-19-7-3-6-12(19)9-21-18-13(20)10-4-2-5-11(8-10)14(15,16)17/h2,4-5,8,12H,3,6-7,9H2,1H3,(H,18,20)/t12-/m0/s1. The molecule has 1 aromatic rings. The Bertz CT molecular complexity index is 505. The first-order valence-corrected chi connectivity index (χ1v) is 6.67. The van der Waals surface area contributed by atoms with Crippen LogP contribution in [-0.4, -0.2) is 37.0 Å². The average Bonchev–Trinajstić information content (AvgIpc) is 2.83. The largest absolute Gasteiger partial charge is 0.416 e. The highest BCUT2D eigenvalue weighted by Gasteiger charge is 2.31. The summed E-state index contributed by atoms with van der Waals surface area (Å²) in [5, 5.41) is 0. The third-order valence-corrected chi connectivity index (χ3v) is 3.56. The first-order chi connectivity index (χ1) is 9.88. The van der Waals surface area contributed by atoms with Crippen LogP contribution in [0.25, 0.3) is 0 Å². The monoisotopic (exact) mass is 302 g/mol. The van der Waals surface area contributed by atoms with Crippen LogP contribution in [0.2, 0.25) is 0 Å². The fourth-order valence-electron chi connectivity index (χ4n) is 2.29. The summed E-state index contributed by atoms with van der Waals surface area (Å²) in [5.41, 5.74) is 1.26. The first-order valence-electron chi connectivity index (χ1n) is 6.67. The molecule has 7 heteroatoms. The third kappa shape index (κ3) is 4.18. The Labute approximate surface area is 120 Å². The van der Waals surface area contributed by atoms with E-state index in [2.05, 4.69) is 10.4 Å². The second kappa shape index (κ2) is 6.44. The predicted molar refractivity (Wildman–Crippen MR) is 70.5 cm³/mol. The van der Waals surface area contributed by atoms with E-state index in [1.165, 1.54) is 12.1 Å². The number of hydroxylamine groups is 1. The van der Waals surface area contributed by atoms with Gasteiger partial charge in [0.1, 0.15) is 0 Å². The van der Waals surface area contributed by atoms with Gasteiger partial charge in [-0.05, 0) is 44.6 Å². The molecule has 116 valence electrons. The summed E-state index contributed by atoms with van der Waals surface area (Å²) in [6.45, 7) is 1.30. The minimum atomic E-state index is -4.47. The second-order valence-electron chi connectivity index (χ2n) is 5.10. The number of nitrogens with zero attached hydrogens (tertiary/aromatic N) is 1. The number of alkyl halides is 3. The molecule has 0 radical (unpaired) electrons. The number of nitrogens with one attached hydrogen (secondary N) is 1. The maximum atomic E-state index is 12.6. The highest BCUT2D eigenvalue weighted by molar-refractivity contribution is 5.93. The maximum absolute atomic E-state index is 12.6. The van der Waals surface area contributed by atoms with Gasteiger partial charge in [0, 0.05) is 11.6 Å². The number of likely N-dealkylation sites (tertiary alicyclic amines) is 1. The zero-order chi connectivity index (χ0) is 15.5. The molecule has 0 unspecified atom stereocenters. The van der Waals surface area contributed by atoms with E-state index in [4.69, 9.17) is 4.84 Å². The van der Waals surface area contributed by atoms with Gasteiger partial charge in [-0.15, -0.1) is 0 Å². The zero-order valence-electron chi connectivity index (χ0n) is 11.6. The van der Waals surface area contributed by atoms with E-state index in [0.717, 1.165) is 31.5 Å². The molecule has 0 bridgehead atoms. The van der Waals surface area contributed by atoms with Gasteiger partial charge in [0.15, 0.2) is 0 Å². The molecule has 1 saturated heterocycles. The van der Waals surface area contributed by atoms with Crippen LogP contribution in [0.5, 0.6) is 0 Å². The summed E-state index contributed by atoms with van der Waals surface area (Å²) in [4.78, 5) is 19.0. The van der Waals surface area contributed by atoms with E-state index in [1.54, 1.807) is 0 Å². The zero-order valence-corrected chi connectivity index (χ0v) is 11.6. The van der Waals surface area contributed by atoms with Crippen molar-refractivity contribution in [3.8, 4) is 0 Å². The lowest BCUT2D eigenvalue weighted by molar-refractivity contribution is -0.137. The molecule has 21 heavy (non-hydrogen) atoms. The number of likely N-dealkylation sites (N-methyl/N-ethyl adjacent to an activating group) is 1. The van der Waals surface area contributed by atoms with E-state index < -0.39 is 17.6 Å². The molecule has 1 atom stereocenters. The number of amides is 1. The summed E-state index contributed by atoms with van der Waals surface area (Å²) in [6, 6.07) is 4.47. The van der Waals surface area contributed by atoms with Gasteiger partial charge in [0.2, 0.25) is 0 Å². The number of carbonyl (C=O) groups excluding carboxylic acids is 1. The highest BCUT2D eigenvalue weighted by atomic mass is 19.4. The predicted octanol–water partition coefficient (Wildman–Crippen LogP) is 2.46. The molecular formula is C14H17F3N2O2. The van der Waals surface area contributed by atoms with Crippen LogP contribution in [-0.2, 0) is 11.0 Å². The SMILES string of the molecule is CN1CCC[C@H]1CONC(=O)c1cccc(C(F)(F)F)c1. The lowest BCUT2D eigenvalue weighted by atomic mass is 10.1. The highest BCUT2D eigenvalue weighted by Crippen LogP contribution is 2.29. The molecule has 1 heterocycles. The van der Waals surface area contributed by atoms with E-state index in [0.29, 0.717) is 6.61 Å². The number of rotatable bonds is 4. The minimum absolute atomic E-state index is 0.0791. The number of carbonyl (C=O) groups is 1. The van der Waals surface area contributed by atoms with Crippen molar-refractivity contribution in [2.75, 3.05) is 20.2 Å². The van der Waals surface area contributed by atoms with Crippen molar-refractivity contribution in [2.24, 2.45) is 0 Å². The van der Waals surface area contributed by atoms with Crippen molar-refractivity contribution >= 4 is 5.91 Å². The van der Waals surface area contributed by atoms with E-state index in [1.807, 2.05) is 7.05 Å². The molecule has 4 nitrogen and oxygen atoms in total. The quantitative estimate of drug-likeness (QED) is 0.869. The molecule has 1 N–H and O–H groups in total.